The van der Waals surface area contributed by atoms with E-state index >= 15 is 0 Å². The minimum absolute atomic E-state index is 0.120. The number of furan rings is 1. The fraction of sp³-hybridized carbons (Fsp3) is 0.333. The highest BCUT2D eigenvalue weighted by Crippen LogP contribution is 2.22. The molecule has 2 aromatic rings. The molecule has 0 radical (unpaired) electrons. The van der Waals surface area contributed by atoms with Crippen molar-refractivity contribution >= 4 is 22.8 Å². The molecule has 0 saturated heterocycles. The van der Waals surface area contributed by atoms with Gasteiger partial charge < -0.3 is 14.8 Å². The van der Waals surface area contributed by atoms with Crippen molar-refractivity contribution in [1.29, 1.82) is 0 Å². The van der Waals surface area contributed by atoms with Crippen molar-refractivity contribution in [3.05, 3.63) is 36.1 Å². The van der Waals surface area contributed by atoms with E-state index in [4.69, 9.17) is 9.52 Å². The van der Waals surface area contributed by atoms with Crippen LogP contribution in [0.3, 0.4) is 0 Å². The zero-order valence-electron chi connectivity index (χ0n) is 11.5. The number of carboxylic acids is 1. The van der Waals surface area contributed by atoms with Gasteiger partial charge in [0.2, 0.25) is 0 Å². The van der Waals surface area contributed by atoms with E-state index in [1.54, 1.807) is 19.1 Å². The fourth-order valence-electron chi connectivity index (χ4n) is 2.09. The minimum atomic E-state index is -0.938. The van der Waals surface area contributed by atoms with Crippen LogP contribution < -0.4 is 5.32 Å². The first kappa shape index (κ1) is 14.1. The molecule has 0 aliphatic rings. The zero-order chi connectivity index (χ0) is 14.8. The first-order valence-corrected chi connectivity index (χ1v) is 6.46. The number of aliphatic carboxylic acids is 1. The molecule has 0 aliphatic carbocycles. The van der Waals surface area contributed by atoms with Gasteiger partial charge in [-0.05, 0) is 19.4 Å². The van der Waals surface area contributed by atoms with Crippen molar-refractivity contribution in [3.8, 4) is 0 Å². The maximum atomic E-state index is 12.3. The van der Waals surface area contributed by atoms with Gasteiger partial charge in [0, 0.05) is 10.9 Å². The van der Waals surface area contributed by atoms with Crippen molar-refractivity contribution in [1.82, 2.24) is 5.32 Å². The van der Waals surface area contributed by atoms with Gasteiger partial charge >= 0.3 is 5.97 Å². The Kier molecular flexibility index (Phi) is 3.79. The lowest BCUT2D eigenvalue weighted by molar-refractivity contribution is -0.138. The van der Waals surface area contributed by atoms with E-state index in [-0.39, 0.29) is 12.3 Å². The lowest BCUT2D eigenvalue weighted by Crippen LogP contribution is -2.47. The molecule has 0 aliphatic heterocycles. The molecule has 0 bridgehead atoms. The van der Waals surface area contributed by atoms with Gasteiger partial charge in [0.25, 0.3) is 5.91 Å². The molecule has 1 aromatic carbocycles. The standard InChI is InChI=1S/C15H17NO4/c1-3-15(2,8-13(17)18)16-14(19)11-9-20-12-7-5-4-6-10(11)12/h4-7,9H,3,8H2,1-2H3,(H,16,19)(H,17,18)/t15-/m0/s1. The average molecular weight is 275 g/mol. The number of carbonyl (C=O) groups excluding carboxylic acids is 1. The van der Waals surface area contributed by atoms with E-state index in [0.717, 1.165) is 5.39 Å². The Morgan fingerprint density at radius 1 is 1.35 bits per heavy atom. The Bertz CT molecular complexity index is 646. The summed E-state index contributed by atoms with van der Waals surface area (Å²) >= 11 is 0. The number of para-hydroxylation sites is 1. The Morgan fingerprint density at radius 3 is 2.70 bits per heavy atom. The average Bonchev–Trinajstić information content (AvgIpc) is 2.81. The van der Waals surface area contributed by atoms with E-state index in [2.05, 4.69) is 5.32 Å². The van der Waals surface area contributed by atoms with Crippen LogP contribution in [-0.4, -0.2) is 22.5 Å². The van der Waals surface area contributed by atoms with Crippen LogP contribution in [0.5, 0.6) is 0 Å². The highest BCUT2D eigenvalue weighted by atomic mass is 16.4. The highest BCUT2D eigenvalue weighted by molar-refractivity contribution is 6.06. The maximum Gasteiger partial charge on any atom is 0.305 e. The number of nitrogens with one attached hydrogen (secondary N) is 1. The lowest BCUT2D eigenvalue weighted by atomic mass is 9.94. The molecule has 1 atom stereocenters. The summed E-state index contributed by atoms with van der Waals surface area (Å²) in [5, 5.41) is 12.4. The van der Waals surface area contributed by atoms with Gasteiger partial charge in [-0.2, -0.15) is 0 Å². The number of carboxylic acid groups (broad SMARTS) is 1. The van der Waals surface area contributed by atoms with Gasteiger partial charge in [0.1, 0.15) is 11.8 Å². The third-order valence-corrected chi connectivity index (χ3v) is 3.46. The molecular formula is C15H17NO4. The third-order valence-electron chi connectivity index (χ3n) is 3.46. The number of carbonyl (C=O) groups is 2. The van der Waals surface area contributed by atoms with Crippen molar-refractivity contribution < 1.29 is 19.1 Å². The molecule has 0 unspecified atom stereocenters. The van der Waals surface area contributed by atoms with E-state index in [1.165, 1.54) is 6.26 Å². The first-order valence-electron chi connectivity index (χ1n) is 6.46. The normalized spacial score (nSPS) is 13.9. The summed E-state index contributed by atoms with van der Waals surface area (Å²) in [6.07, 6.45) is 1.81. The van der Waals surface area contributed by atoms with Crippen LogP contribution in [-0.2, 0) is 4.79 Å². The van der Waals surface area contributed by atoms with Crippen LogP contribution >= 0.6 is 0 Å². The molecule has 20 heavy (non-hydrogen) atoms. The molecule has 5 heteroatoms. The van der Waals surface area contributed by atoms with E-state index in [0.29, 0.717) is 17.6 Å². The van der Waals surface area contributed by atoms with Crippen molar-refractivity contribution in [3.63, 3.8) is 0 Å². The summed E-state index contributed by atoms with van der Waals surface area (Å²) in [7, 11) is 0. The summed E-state index contributed by atoms with van der Waals surface area (Å²) in [5.74, 6) is -1.26. The van der Waals surface area contributed by atoms with Crippen molar-refractivity contribution in [2.24, 2.45) is 0 Å². The second-order valence-corrected chi connectivity index (χ2v) is 5.08. The van der Waals surface area contributed by atoms with Crippen LogP contribution in [0.25, 0.3) is 11.0 Å². The molecule has 2 N–H and O–H groups in total. The third kappa shape index (κ3) is 2.82. The molecular weight excluding hydrogens is 258 g/mol. The lowest BCUT2D eigenvalue weighted by Gasteiger charge is -2.27. The molecule has 1 heterocycles. The van der Waals surface area contributed by atoms with Crippen LogP contribution in [0.1, 0.15) is 37.0 Å². The van der Waals surface area contributed by atoms with Crippen LogP contribution in [0.15, 0.2) is 34.9 Å². The van der Waals surface area contributed by atoms with Crippen molar-refractivity contribution in [2.45, 2.75) is 32.2 Å². The quantitative estimate of drug-likeness (QED) is 0.879. The van der Waals surface area contributed by atoms with E-state index < -0.39 is 11.5 Å². The fourth-order valence-corrected chi connectivity index (χ4v) is 2.09. The van der Waals surface area contributed by atoms with Gasteiger partial charge in [0.05, 0.1) is 12.0 Å². The minimum Gasteiger partial charge on any atom is -0.481 e. The molecule has 1 amide bonds. The summed E-state index contributed by atoms with van der Waals surface area (Å²) in [6, 6.07) is 7.23. The summed E-state index contributed by atoms with van der Waals surface area (Å²) in [6.45, 7) is 3.57. The van der Waals surface area contributed by atoms with E-state index in [1.807, 2.05) is 19.1 Å². The maximum absolute atomic E-state index is 12.3. The largest absolute Gasteiger partial charge is 0.481 e. The first-order chi connectivity index (χ1) is 9.45. The van der Waals surface area contributed by atoms with Gasteiger partial charge in [-0.25, -0.2) is 0 Å². The highest BCUT2D eigenvalue weighted by Gasteiger charge is 2.28. The predicted octanol–water partition coefficient (Wildman–Crippen LogP) is 2.81. The number of amides is 1. The Labute approximate surface area is 116 Å². The van der Waals surface area contributed by atoms with Crippen molar-refractivity contribution in [2.75, 3.05) is 0 Å². The molecule has 0 fully saturated rings. The Hall–Kier alpha value is -2.30. The SMILES string of the molecule is CC[C@@](C)(CC(=O)O)NC(=O)c1coc2ccccc12. The number of hydrogen-bond acceptors (Lipinski definition) is 3. The summed E-state index contributed by atoms with van der Waals surface area (Å²) in [4.78, 5) is 23.2. The van der Waals surface area contributed by atoms with Crippen LogP contribution in [0.4, 0.5) is 0 Å². The summed E-state index contributed by atoms with van der Waals surface area (Å²) in [5.41, 5.74) is 0.279. The van der Waals surface area contributed by atoms with Gasteiger partial charge in [0.15, 0.2) is 0 Å². The second kappa shape index (κ2) is 5.36. The Morgan fingerprint density at radius 2 is 2.05 bits per heavy atom. The molecule has 0 saturated carbocycles. The Balaban J connectivity index is 2.25. The molecule has 1 aromatic heterocycles. The molecule has 2 rings (SSSR count). The molecule has 0 spiro atoms. The smallest absolute Gasteiger partial charge is 0.305 e. The van der Waals surface area contributed by atoms with Crippen LogP contribution in [0.2, 0.25) is 0 Å². The topological polar surface area (TPSA) is 79.5 Å². The number of rotatable bonds is 5. The molecule has 5 nitrogen and oxygen atoms in total. The van der Waals surface area contributed by atoms with Gasteiger partial charge in [-0.1, -0.05) is 25.1 Å². The van der Waals surface area contributed by atoms with E-state index in [9.17, 15) is 9.59 Å². The number of benzene rings is 1. The van der Waals surface area contributed by atoms with Gasteiger partial charge in [-0.3, -0.25) is 9.59 Å². The predicted molar refractivity (Wildman–Crippen MR) is 74.6 cm³/mol. The number of fused-ring (bicyclic) bond motifs is 1. The number of hydrogen-bond donors (Lipinski definition) is 2. The summed E-state index contributed by atoms with van der Waals surface area (Å²) < 4.78 is 5.32. The second-order valence-electron chi connectivity index (χ2n) is 5.08. The zero-order valence-corrected chi connectivity index (χ0v) is 11.5. The van der Waals surface area contributed by atoms with Gasteiger partial charge in [-0.15, -0.1) is 0 Å². The molecule has 106 valence electrons. The monoisotopic (exact) mass is 275 g/mol. The van der Waals surface area contributed by atoms with Crippen LogP contribution in [0, 0.1) is 0 Å².